The number of rotatable bonds is 5. The Kier molecular flexibility index (Phi) is 4.82. The predicted molar refractivity (Wildman–Crippen MR) is 94.8 cm³/mol. The molecule has 2 aromatic carbocycles. The number of fused-ring (bicyclic) bond motifs is 1. The lowest BCUT2D eigenvalue weighted by atomic mass is 10.0. The van der Waals surface area contributed by atoms with Gasteiger partial charge in [0.25, 0.3) is 0 Å². The van der Waals surface area contributed by atoms with E-state index in [1.807, 2.05) is 0 Å². The first-order valence-corrected chi connectivity index (χ1v) is 10.5. The van der Waals surface area contributed by atoms with E-state index in [4.69, 9.17) is 0 Å². The van der Waals surface area contributed by atoms with E-state index in [1.165, 1.54) is 40.0 Å². The van der Waals surface area contributed by atoms with Crippen LogP contribution in [0.2, 0.25) is 18.1 Å². The van der Waals surface area contributed by atoms with Crippen molar-refractivity contribution in [2.45, 2.75) is 45.8 Å². The monoisotopic (exact) mass is 282 g/mol. The van der Waals surface area contributed by atoms with E-state index in [0.29, 0.717) is 0 Å². The molecule has 0 N–H and O–H groups in total. The largest absolute Gasteiger partial charge is 0.0908 e. The highest BCUT2D eigenvalue weighted by Crippen LogP contribution is 2.28. The molecule has 0 amide bonds. The summed E-state index contributed by atoms with van der Waals surface area (Å²) in [6.07, 6.45) is 0. The van der Waals surface area contributed by atoms with Crippen LogP contribution in [0.1, 0.15) is 33.3 Å². The van der Waals surface area contributed by atoms with E-state index >= 15 is 0 Å². The zero-order chi connectivity index (χ0) is 14.6. The molecule has 0 atom stereocenters. The summed E-state index contributed by atoms with van der Waals surface area (Å²) >= 11 is 0. The molecule has 0 fully saturated rings. The summed E-state index contributed by atoms with van der Waals surface area (Å²) in [5, 5.41) is 2.67. The molecule has 0 nitrogen and oxygen atoms in total. The Labute approximate surface area is 124 Å². The lowest BCUT2D eigenvalue weighted by Crippen LogP contribution is -2.29. The maximum Gasteiger partial charge on any atom is 0.0773 e. The molecule has 0 saturated heterocycles. The second-order valence-electron chi connectivity index (χ2n) is 5.81. The fourth-order valence-electron chi connectivity index (χ4n) is 3.03. The summed E-state index contributed by atoms with van der Waals surface area (Å²) in [6, 6.07) is 19.5. The molecule has 0 aliphatic rings. The topological polar surface area (TPSA) is 0 Å². The van der Waals surface area contributed by atoms with Gasteiger partial charge in [0.15, 0.2) is 0 Å². The summed E-state index contributed by atoms with van der Waals surface area (Å²) in [4.78, 5) is 0. The first-order chi connectivity index (χ1) is 9.64. The zero-order valence-electron chi connectivity index (χ0n) is 13.2. The van der Waals surface area contributed by atoms with Crippen molar-refractivity contribution < 1.29 is 0 Å². The van der Waals surface area contributed by atoms with Gasteiger partial charge in [0.2, 0.25) is 0 Å². The molecule has 0 saturated carbocycles. The fraction of sp³-hybridized carbons (Fsp3) is 0.368. The molecule has 0 unspecified atom stereocenters. The molecule has 0 aliphatic carbocycles. The molecule has 2 aromatic rings. The van der Waals surface area contributed by atoms with Crippen molar-refractivity contribution in [3.8, 4) is 0 Å². The highest BCUT2D eigenvalue weighted by molar-refractivity contribution is 6.85. The molecule has 2 rings (SSSR count). The van der Waals surface area contributed by atoms with Crippen molar-refractivity contribution >= 4 is 24.4 Å². The van der Waals surface area contributed by atoms with Gasteiger partial charge in [0.1, 0.15) is 0 Å². The van der Waals surface area contributed by atoms with Gasteiger partial charge in [-0.15, -0.1) is 0 Å². The number of hydrogen-bond donors (Lipinski definition) is 0. The predicted octanol–water partition coefficient (Wildman–Crippen LogP) is 6.29. The van der Waals surface area contributed by atoms with Gasteiger partial charge in [-0.3, -0.25) is 0 Å². The molecule has 20 heavy (non-hydrogen) atoms. The van der Waals surface area contributed by atoms with E-state index in [1.54, 1.807) is 0 Å². The van der Waals surface area contributed by atoms with Crippen LogP contribution in [0.5, 0.6) is 0 Å². The highest BCUT2D eigenvalue weighted by Gasteiger charge is 2.23. The summed E-state index contributed by atoms with van der Waals surface area (Å²) in [5.74, 6) is 0. The van der Waals surface area contributed by atoms with Crippen LogP contribution in [-0.2, 0) is 0 Å². The Morgan fingerprint density at radius 1 is 0.900 bits per heavy atom. The van der Waals surface area contributed by atoms with Gasteiger partial charge in [0.05, 0.1) is 8.07 Å². The van der Waals surface area contributed by atoms with Crippen molar-refractivity contribution in [1.82, 2.24) is 0 Å². The Bertz CT molecular complexity index is 598. The van der Waals surface area contributed by atoms with E-state index < -0.39 is 8.07 Å². The van der Waals surface area contributed by atoms with Crippen molar-refractivity contribution in [3.05, 3.63) is 53.7 Å². The summed E-state index contributed by atoms with van der Waals surface area (Å²) in [5.41, 5.74) is 5.49. The van der Waals surface area contributed by atoms with Crippen LogP contribution in [0.15, 0.2) is 48.2 Å². The van der Waals surface area contributed by atoms with Crippen LogP contribution in [0.25, 0.3) is 16.3 Å². The van der Waals surface area contributed by atoms with Crippen LogP contribution < -0.4 is 0 Å². The van der Waals surface area contributed by atoms with Gasteiger partial charge in [-0.1, -0.05) is 86.6 Å². The third-order valence-corrected chi connectivity index (χ3v) is 10.1. The molecular weight excluding hydrogens is 256 g/mol. The summed E-state index contributed by atoms with van der Waals surface area (Å²) in [6.45, 7) is 9.38. The van der Waals surface area contributed by atoms with Crippen LogP contribution >= 0.6 is 0 Å². The van der Waals surface area contributed by atoms with Gasteiger partial charge in [-0.25, -0.2) is 0 Å². The minimum Gasteiger partial charge on any atom is -0.0908 e. The first kappa shape index (κ1) is 15.1. The molecule has 1 heteroatoms. The van der Waals surface area contributed by atoms with Crippen molar-refractivity contribution in [2.75, 3.05) is 0 Å². The molecule has 0 spiro atoms. The number of benzene rings is 2. The van der Waals surface area contributed by atoms with Crippen LogP contribution in [0.4, 0.5) is 0 Å². The van der Waals surface area contributed by atoms with E-state index in [-0.39, 0.29) is 0 Å². The van der Waals surface area contributed by atoms with Crippen LogP contribution in [0, 0.1) is 0 Å². The van der Waals surface area contributed by atoms with E-state index in [0.717, 1.165) is 0 Å². The van der Waals surface area contributed by atoms with Crippen molar-refractivity contribution in [1.29, 1.82) is 0 Å². The molecule has 0 bridgehead atoms. The third kappa shape index (κ3) is 3.04. The second kappa shape index (κ2) is 6.40. The average Bonchev–Trinajstić information content (AvgIpc) is 2.52. The SMILES string of the molecule is CC[Si](/C=C(\C)c1ccc2ccccc2c1)(CC)CC. The first-order valence-electron chi connectivity index (χ1n) is 7.82. The number of hydrogen-bond acceptors (Lipinski definition) is 0. The Balaban J connectivity index is 2.42. The Morgan fingerprint density at radius 2 is 1.50 bits per heavy atom. The lowest BCUT2D eigenvalue weighted by Gasteiger charge is -2.25. The highest BCUT2D eigenvalue weighted by atomic mass is 28.3. The smallest absolute Gasteiger partial charge is 0.0773 e. The van der Waals surface area contributed by atoms with Gasteiger partial charge in [-0.2, -0.15) is 0 Å². The van der Waals surface area contributed by atoms with Gasteiger partial charge >= 0.3 is 0 Å². The lowest BCUT2D eigenvalue weighted by molar-refractivity contribution is 1.19. The molecule has 106 valence electrons. The summed E-state index contributed by atoms with van der Waals surface area (Å²) < 4.78 is 0. The maximum absolute atomic E-state index is 2.64. The number of allylic oxidation sites excluding steroid dienone is 1. The van der Waals surface area contributed by atoms with Gasteiger partial charge < -0.3 is 0 Å². The maximum atomic E-state index is 2.64. The molecular formula is C19H26Si. The molecule has 0 heterocycles. The van der Waals surface area contributed by atoms with Gasteiger partial charge in [-0.05, 0) is 29.3 Å². The van der Waals surface area contributed by atoms with Crippen molar-refractivity contribution in [2.24, 2.45) is 0 Å². The standard InChI is InChI=1S/C19H26Si/c1-5-20(6-2,7-3)15-16(4)18-13-12-17-10-8-9-11-19(17)14-18/h8-15H,5-7H2,1-4H3/b16-15+. The Hall–Kier alpha value is -1.34. The van der Waals surface area contributed by atoms with E-state index in [9.17, 15) is 0 Å². The molecule has 0 aromatic heterocycles. The second-order valence-corrected chi connectivity index (χ2v) is 10.9. The van der Waals surface area contributed by atoms with Gasteiger partial charge in [0, 0.05) is 0 Å². The average molecular weight is 283 g/mol. The van der Waals surface area contributed by atoms with E-state index in [2.05, 4.69) is 75.9 Å². The quantitative estimate of drug-likeness (QED) is 0.565. The van der Waals surface area contributed by atoms with Crippen LogP contribution in [-0.4, -0.2) is 8.07 Å². The Morgan fingerprint density at radius 3 is 2.10 bits per heavy atom. The minimum atomic E-state index is -1.19. The third-order valence-electron chi connectivity index (χ3n) is 4.84. The fourth-order valence-corrected chi connectivity index (χ4v) is 6.23. The molecule has 0 aliphatic heterocycles. The van der Waals surface area contributed by atoms with Crippen LogP contribution in [0.3, 0.4) is 0 Å². The normalized spacial score (nSPS) is 12.9. The summed E-state index contributed by atoms with van der Waals surface area (Å²) in [7, 11) is -1.19. The zero-order valence-corrected chi connectivity index (χ0v) is 14.2. The van der Waals surface area contributed by atoms with Crippen molar-refractivity contribution in [3.63, 3.8) is 0 Å². The minimum absolute atomic E-state index is 1.19. The molecule has 0 radical (unpaired) electrons.